The van der Waals surface area contributed by atoms with E-state index in [-0.39, 0.29) is 17.1 Å². The number of carbonyl (C=O) groups excluding carboxylic acids is 3. The summed E-state index contributed by atoms with van der Waals surface area (Å²) in [4.78, 5) is 70.8. The summed E-state index contributed by atoms with van der Waals surface area (Å²) in [6.07, 6.45) is 3.12. The molecule has 1 saturated heterocycles. The summed E-state index contributed by atoms with van der Waals surface area (Å²) in [5.41, 5.74) is 1.40. The average molecular weight is 933 g/mol. The van der Waals surface area contributed by atoms with Crippen LogP contribution in [-0.4, -0.2) is 87.5 Å². The lowest BCUT2D eigenvalue weighted by atomic mass is 9.77. The molecule has 3 N–H and O–H groups in total. The second-order valence-electron chi connectivity index (χ2n) is 15.4. The van der Waals surface area contributed by atoms with Crippen LogP contribution >= 0.6 is 46.4 Å². The van der Waals surface area contributed by atoms with Crippen LogP contribution in [0.5, 0.6) is 0 Å². The maximum absolute atomic E-state index is 14.6. The lowest BCUT2D eigenvalue weighted by Crippen LogP contribution is -2.71. The van der Waals surface area contributed by atoms with Crippen LogP contribution < -0.4 is 10.6 Å². The van der Waals surface area contributed by atoms with Crippen molar-refractivity contribution in [3.05, 3.63) is 166 Å². The van der Waals surface area contributed by atoms with E-state index in [4.69, 9.17) is 14.6 Å². The number of thiazole rings is 1. The second kappa shape index (κ2) is 19.1. The van der Waals surface area contributed by atoms with Gasteiger partial charge in [-0.2, -0.15) is 0 Å². The molecule has 0 aliphatic carbocycles. The summed E-state index contributed by atoms with van der Waals surface area (Å²) in [7, 11) is 0. The van der Waals surface area contributed by atoms with Crippen molar-refractivity contribution in [2.45, 2.75) is 53.6 Å². The molecule has 0 spiro atoms. The van der Waals surface area contributed by atoms with Crippen LogP contribution in [0.4, 0.5) is 5.13 Å². The summed E-state index contributed by atoms with van der Waals surface area (Å²) in [5.74, 6) is -2.85. The maximum Gasteiger partial charge on any atom is 0.355 e. The van der Waals surface area contributed by atoms with Gasteiger partial charge in [0, 0.05) is 34.8 Å². The van der Waals surface area contributed by atoms with Crippen LogP contribution in [0.1, 0.15) is 54.8 Å². The Hall–Kier alpha value is -6.41. The first-order valence-electron chi connectivity index (χ1n) is 19.8. The number of nitrogens with one attached hydrogen (secondary N) is 2. The van der Waals surface area contributed by atoms with Gasteiger partial charge < -0.3 is 25.3 Å². The Morgan fingerprint density at radius 2 is 1.59 bits per heavy atom. The molecule has 3 atom stereocenters. The number of esters is 1. The molecule has 15 nitrogen and oxygen atoms in total. The highest BCUT2D eigenvalue weighted by Crippen LogP contribution is 2.43. The molecule has 64 heavy (non-hydrogen) atoms. The number of fused-ring (bicyclic) bond motifs is 1. The van der Waals surface area contributed by atoms with Crippen LogP contribution in [0.15, 0.2) is 148 Å². The van der Waals surface area contributed by atoms with Gasteiger partial charge in [0.1, 0.15) is 38.2 Å². The van der Waals surface area contributed by atoms with Crippen LogP contribution in [0, 0.1) is 0 Å². The molecule has 0 saturated carbocycles. The number of β-lactam (4-membered cyclic amide) rings is 1. The molecule has 2 amide bonds. The lowest BCUT2D eigenvalue weighted by molar-refractivity contribution is -0.169. The number of thioether (sulfide) groups is 2. The number of carbonyl (C=O) groups is 4. The first kappa shape index (κ1) is 44.2. The monoisotopic (exact) mass is 932 g/mol. The lowest BCUT2D eigenvalue weighted by Gasteiger charge is -2.49. The number of oxime groups is 1. The Balaban J connectivity index is 1.15. The molecule has 1 fully saturated rings. The van der Waals surface area contributed by atoms with Crippen molar-refractivity contribution in [3.8, 4) is 0 Å². The highest BCUT2D eigenvalue weighted by Gasteiger charge is 2.54. The van der Waals surface area contributed by atoms with Crippen LogP contribution in [0.25, 0.3) is 0 Å². The average Bonchev–Trinajstić information content (AvgIpc) is 4.01. The largest absolute Gasteiger partial charge is 0.477 e. The molecule has 6 aromatic rings. The predicted molar refractivity (Wildman–Crippen MR) is 246 cm³/mol. The molecule has 326 valence electrons. The van der Waals surface area contributed by atoms with Gasteiger partial charge in [-0.3, -0.25) is 19.5 Å². The van der Waals surface area contributed by atoms with Gasteiger partial charge in [-0.25, -0.2) is 14.6 Å². The summed E-state index contributed by atoms with van der Waals surface area (Å²) in [5, 5.41) is 26.2. The van der Waals surface area contributed by atoms with Crippen molar-refractivity contribution in [1.82, 2.24) is 29.8 Å². The molecule has 2 aliphatic heterocycles. The minimum Gasteiger partial charge on any atom is -0.477 e. The fraction of sp³-hybridized carbons (Fsp3) is 0.222. The minimum absolute atomic E-state index is 0.0742. The summed E-state index contributed by atoms with van der Waals surface area (Å²) in [6.45, 7) is 5.14. The fourth-order valence-electron chi connectivity index (χ4n) is 7.20. The molecule has 5 heterocycles. The van der Waals surface area contributed by atoms with Gasteiger partial charge in [0.2, 0.25) is 6.10 Å². The molecular weight excluding hydrogens is 893 g/mol. The first-order chi connectivity index (χ1) is 30.9. The summed E-state index contributed by atoms with van der Waals surface area (Å²) >= 11 is 5.12. The number of aliphatic carboxylic acids is 1. The van der Waals surface area contributed by atoms with Crippen molar-refractivity contribution < 1.29 is 33.9 Å². The number of anilines is 1. The Morgan fingerprint density at radius 3 is 2.16 bits per heavy atom. The zero-order valence-corrected chi connectivity index (χ0v) is 37.7. The van der Waals surface area contributed by atoms with Crippen LogP contribution in [-0.2, 0) is 34.3 Å². The fourth-order valence-corrected chi connectivity index (χ4v) is 10.9. The summed E-state index contributed by atoms with van der Waals surface area (Å²) in [6, 6.07) is 31.9. The summed E-state index contributed by atoms with van der Waals surface area (Å²) < 4.78 is 10.3. The second-order valence-corrected chi connectivity index (χ2v) is 19.4. The van der Waals surface area contributed by atoms with Crippen molar-refractivity contribution in [2.75, 3.05) is 16.8 Å². The smallest absolute Gasteiger partial charge is 0.355 e. The van der Waals surface area contributed by atoms with E-state index >= 15 is 0 Å². The number of rotatable bonds is 16. The topological polar surface area (TPSA) is 198 Å². The van der Waals surface area contributed by atoms with Crippen molar-refractivity contribution in [1.29, 1.82) is 0 Å². The van der Waals surface area contributed by atoms with Crippen molar-refractivity contribution in [2.24, 2.45) is 5.16 Å². The van der Waals surface area contributed by atoms with Gasteiger partial charge in [0.15, 0.2) is 10.8 Å². The molecule has 2 aliphatic rings. The van der Waals surface area contributed by atoms with Gasteiger partial charge >= 0.3 is 11.9 Å². The third kappa shape index (κ3) is 9.42. The van der Waals surface area contributed by atoms with E-state index in [2.05, 4.69) is 30.4 Å². The van der Waals surface area contributed by atoms with Gasteiger partial charge in [0.05, 0.1) is 6.20 Å². The molecule has 3 aromatic heterocycles. The highest BCUT2D eigenvalue weighted by molar-refractivity contribution is 8.01. The van der Waals surface area contributed by atoms with Crippen LogP contribution in [0.3, 0.4) is 0 Å². The quantitative estimate of drug-likeness (QED) is 0.0221. The molecule has 0 radical (unpaired) electrons. The van der Waals surface area contributed by atoms with Crippen LogP contribution in [0.2, 0.25) is 0 Å². The number of amides is 2. The maximum atomic E-state index is 14.6. The molecule has 8 rings (SSSR count). The van der Waals surface area contributed by atoms with Gasteiger partial charge in [-0.1, -0.05) is 107 Å². The van der Waals surface area contributed by atoms with E-state index in [1.807, 2.05) is 91.0 Å². The zero-order valence-electron chi connectivity index (χ0n) is 34.5. The van der Waals surface area contributed by atoms with Gasteiger partial charge in [-0.15, -0.1) is 40.0 Å². The highest BCUT2D eigenvalue weighted by atomic mass is 32.2. The normalized spacial score (nSPS) is 16.9. The number of carboxylic acid groups (broad SMARTS) is 1. The third-order valence-corrected chi connectivity index (χ3v) is 14.0. The molecular formula is C45H40N8O7S4. The Kier molecular flexibility index (Phi) is 13.2. The number of aromatic nitrogens is 4. The number of pyridine rings is 1. The van der Waals surface area contributed by atoms with E-state index in [0.29, 0.717) is 27.8 Å². The Morgan fingerprint density at radius 1 is 0.938 bits per heavy atom. The number of carboxylic acids is 1. The van der Waals surface area contributed by atoms with Gasteiger partial charge in [-0.05, 0) is 60.6 Å². The number of hydrogen-bond donors (Lipinski definition) is 3. The number of nitrogens with zero attached hydrogens (tertiary/aromatic N) is 6. The first-order valence-corrected chi connectivity index (χ1v) is 23.5. The van der Waals surface area contributed by atoms with Gasteiger partial charge in [0.25, 0.3) is 11.8 Å². The number of ether oxygens (including phenoxy) is 1. The van der Waals surface area contributed by atoms with E-state index in [9.17, 15) is 24.3 Å². The van der Waals surface area contributed by atoms with E-state index < -0.39 is 52.4 Å². The van der Waals surface area contributed by atoms with E-state index in [1.54, 1.807) is 44.5 Å². The SMILES string of the molecule is CC(C)(C)OC(=O)[C@H](ON=C(C(=O)N[C@@H]1C(=O)N2C(C(=O)O)=C(CSc3cnns3)CS[C@@H]12)c1csc(NC(c2ccccc2)(c2ccccc2)c2ccccc2)n1)c1cccnc1. The van der Waals surface area contributed by atoms with Crippen molar-refractivity contribution >= 4 is 81.0 Å². The van der Waals surface area contributed by atoms with E-state index in [1.165, 1.54) is 63.7 Å². The van der Waals surface area contributed by atoms with Crippen molar-refractivity contribution in [3.63, 3.8) is 0 Å². The van der Waals surface area contributed by atoms with E-state index in [0.717, 1.165) is 20.9 Å². The molecule has 19 heteroatoms. The molecule has 3 aromatic carbocycles. The number of benzene rings is 3. The Bertz CT molecular complexity index is 2580. The third-order valence-electron chi connectivity index (χ3n) is 10.0. The molecule has 0 bridgehead atoms. The predicted octanol–water partition coefficient (Wildman–Crippen LogP) is 7.13. The zero-order chi connectivity index (χ0) is 44.8. The Labute approximate surface area is 384 Å². The minimum atomic E-state index is -1.44. The number of hydrogen-bond acceptors (Lipinski definition) is 16. The molecule has 0 unspecified atom stereocenters. The standard InChI is InChI=1S/C45H40N8O7S4/c1-44(2,3)59-42(58)37(27-14-13-21-46-22-27)60-51-34(38(54)49-35-39(55)53-36(41(56)57)28(25-62-40(35)53)24-61-33-23-47-52-64-33)32-26-63-43(48-32)50-45(29-15-7-4-8-16-29,30-17-9-5-10-18-30)31-19-11-6-12-20-31/h4-23,26,35,37,40H,24-25H2,1-3H3,(H,48,50)(H,49,54)(H,56,57)/t35-,37-,40+/m1/s1.